The molecule has 0 N–H and O–H groups in total. The van der Waals surface area contributed by atoms with Crippen molar-refractivity contribution in [2.75, 3.05) is 6.61 Å². The lowest BCUT2D eigenvalue weighted by molar-refractivity contribution is -0.138. The number of fused-ring (bicyclic) bond motifs is 2. The molecule has 4 rings (SSSR count). The number of benzene rings is 2. The Bertz CT molecular complexity index is 1170. The molecule has 30 heavy (non-hydrogen) atoms. The first kappa shape index (κ1) is 19.7. The molecule has 0 unspecified atom stereocenters. The van der Waals surface area contributed by atoms with Gasteiger partial charge < -0.3 is 13.9 Å². The highest BCUT2D eigenvalue weighted by molar-refractivity contribution is 5.87. The van der Waals surface area contributed by atoms with Crippen molar-refractivity contribution >= 4 is 23.0 Å². The number of aryl methyl sites for hydroxylation is 2. The SMILES string of the molecule is C=CCOc1ccc(/C=C/C(=O)OCc2cc(=O)oc3cc4c(cc23)CCC4)cc1. The van der Waals surface area contributed by atoms with Crippen molar-refractivity contribution in [3.8, 4) is 5.75 Å². The van der Waals surface area contributed by atoms with Crippen molar-refractivity contribution in [1.82, 2.24) is 0 Å². The van der Waals surface area contributed by atoms with Crippen LogP contribution in [0.25, 0.3) is 17.0 Å². The Hall–Kier alpha value is -3.60. The van der Waals surface area contributed by atoms with Gasteiger partial charge in [-0.15, -0.1) is 0 Å². The first-order valence-corrected chi connectivity index (χ1v) is 9.89. The highest BCUT2D eigenvalue weighted by Crippen LogP contribution is 2.28. The molecule has 152 valence electrons. The molecule has 1 aliphatic carbocycles. The Labute approximate surface area is 174 Å². The Morgan fingerprint density at radius 3 is 2.63 bits per heavy atom. The Morgan fingerprint density at radius 1 is 1.10 bits per heavy atom. The molecular formula is C25H22O5. The predicted molar refractivity (Wildman–Crippen MR) is 115 cm³/mol. The van der Waals surface area contributed by atoms with E-state index in [4.69, 9.17) is 13.9 Å². The molecule has 0 saturated heterocycles. The molecule has 1 heterocycles. The van der Waals surface area contributed by atoms with Gasteiger partial charge in [-0.1, -0.05) is 24.8 Å². The van der Waals surface area contributed by atoms with Crippen molar-refractivity contribution in [2.24, 2.45) is 0 Å². The zero-order valence-electron chi connectivity index (χ0n) is 16.6. The van der Waals surface area contributed by atoms with Crippen LogP contribution in [0.15, 0.2) is 70.4 Å². The van der Waals surface area contributed by atoms with Crippen LogP contribution >= 0.6 is 0 Å². The number of carbonyl (C=O) groups is 1. The zero-order chi connectivity index (χ0) is 20.9. The van der Waals surface area contributed by atoms with Crippen LogP contribution in [0, 0.1) is 0 Å². The molecule has 0 bridgehead atoms. The first-order valence-electron chi connectivity index (χ1n) is 9.89. The van der Waals surface area contributed by atoms with E-state index in [1.165, 1.54) is 23.3 Å². The molecule has 0 saturated carbocycles. The fourth-order valence-electron chi connectivity index (χ4n) is 3.61. The average molecular weight is 402 g/mol. The summed E-state index contributed by atoms with van der Waals surface area (Å²) in [6.45, 7) is 4.06. The Kier molecular flexibility index (Phi) is 5.80. The van der Waals surface area contributed by atoms with Gasteiger partial charge in [-0.25, -0.2) is 9.59 Å². The maximum absolute atomic E-state index is 12.2. The Morgan fingerprint density at radius 2 is 1.87 bits per heavy atom. The summed E-state index contributed by atoms with van der Waals surface area (Å²) in [4.78, 5) is 24.1. The van der Waals surface area contributed by atoms with Crippen LogP contribution in [-0.4, -0.2) is 12.6 Å². The number of hydrogen-bond acceptors (Lipinski definition) is 5. The molecule has 5 nitrogen and oxygen atoms in total. The second-order valence-corrected chi connectivity index (χ2v) is 7.17. The molecule has 1 aliphatic rings. The first-order chi connectivity index (χ1) is 14.6. The quantitative estimate of drug-likeness (QED) is 0.250. The van der Waals surface area contributed by atoms with E-state index >= 15 is 0 Å². The summed E-state index contributed by atoms with van der Waals surface area (Å²) < 4.78 is 16.1. The Balaban J connectivity index is 1.43. The van der Waals surface area contributed by atoms with E-state index < -0.39 is 11.6 Å². The van der Waals surface area contributed by atoms with Crippen LogP contribution in [-0.2, 0) is 29.0 Å². The molecule has 0 spiro atoms. The molecule has 0 atom stereocenters. The predicted octanol–water partition coefficient (Wildman–Crippen LogP) is 4.60. The van der Waals surface area contributed by atoms with Crippen LogP contribution in [0.4, 0.5) is 0 Å². The van der Waals surface area contributed by atoms with Crippen LogP contribution in [0.5, 0.6) is 5.75 Å². The van der Waals surface area contributed by atoms with E-state index in [2.05, 4.69) is 12.6 Å². The van der Waals surface area contributed by atoms with Gasteiger partial charge in [0.1, 0.15) is 24.5 Å². The number of esters is 1. The standard InChI is InChI=1S/C25H22O5/c1-2-12-28-21-9-6-17(7-10-21)8-11-24(26)29-16-20-15-25(27)30-23-14-19-5-3-4-18(19)13-22(20)23/h2,6-11,13-15H,1,3-5,12,16H2/b11-8+. The highest BCUT2D eigenvalue weighted by atomic mass is 16.5. The van der Waals surface area contributed by atoms with E-state index in [0.29, 0.717) is 17.8 Å². The number of carbonyl (C=O) groups excluding carboxylic acids is 1. The molecule has 0 amide bonds. The topological polar surface area (TPSA) is 65.7 Å². The van der Waals surface area contributed by atoms with E-state index in [9.17, 15) is 9.59 Å². The summed E-state index contributed by atoms with van der Waals surface area (Å²) in [6, 6.07) is 12.7. The summed E-state index contributed by atoms with van der Waals surface area (Å²) in [7, 11) is 0. The second kappa shape index (κ2) is 8.82. The maximum atomic E-state index is 12.2. The lowest BCUT2D eigenvalue weighted by Crippen LogP contribution is -2.06. The second-order valence-electron chi connectivity index (χ2n) is 7.17. The lowest BCUT2D eigenvalue weighted by Gasteiger charge is -2.08. The number of rotatable bonds is 7. The van der Waals surface area contributed by atoms with Gasteiger partial charge in [-0.05, 0) is 66.3 Å². The van der Waals surface area contributed by atoms with E-state index in [1.54, 1.807) is 12.2 Å². The summed E-state index contributed by atoms with van der Waals surface area (Å²) in [6.07, 6.45) is 7.84. The van der Waals surface area contributed by atoms with Crippen molar-refractivity contribution < 1.29 is 18.7 Å². The van der Waals surface area contributed by atoms with Gasteiger partial charge in [0.25, 0.3) is 0 Å². The van der Waals surface area contributed by atoms with Crippen LogP contribution < -0.4 is 10.4 Å². The molecule has 0 radical (unpaired) electrons. The minimum Gasteiger partial charge on any atom is -0.490 e. The monoisotopic (exact) mass is 402 g/mol. The van der Waals surface area contributed by atoms with Gasteiger partial charge >= 0.3 is 11.6 Å². The molecule has 3 aromatic rings. The van der Waals surface area contributed by atoms with E-state index in [0.717, 1.165) is 36.0 Å². The molecule has 2 aromatic carbocycles. The minimum atomic E-state index is -0.482. The van der Waals surface area contributed by atoms with Crippen LogP contribution in [0.1, 0.15) is 28.7 Å². The largest absolute Gasteiger partial charge is 0.490 e. The van der Waals surface area contributed by atoms with Crippen molar-refractivity contribution in [3.05, 3.63) is 93.9 Å². The zero-order valence-corrected chi connectivity index (χ0v) is 16.6. The van der Waals surface area contributed by atoms with Crippen molar-refractivity contribution in [2.45, 2.75) is 25.9 Å². The average Bonchev–Trinajstić information content (AvgIpc) is 3.21. The third-order valence-electron chi connectivity index (χ3n) is 5.07. The lowest BCUT2D eigenvalue weighted by atomic mass is 10.0. The normalized spacial score (nSPS) is 12.8. The smallest absolute Gasteiger partial charge is 0.336 e. The molecule has 0 aliphatic heterocycles. The molecular weight excluding hydrogens is 380 g/mol. The summed E-state index contributed by atoms with van der Waals surface area (Å²) in [5.41, 5.74) is 4.10. The van der Waals surface area contributed by atoms with Gasteiger partial charge in [-0.2, -0.15) is 0 Å². The highest BCUT2D eigenvalue weighted by Gasteiger charge is 2.15. The van der Waals surface area contributed by atoms with Crippen LogP contribution in [0.2, 0.25) is 0 Å². The number of ether oxygens (including phenoxy) is 2. The van der Waals surface area contributed by atoms with Gasteiger partial charge in [-0.3, -0.25) is 0 Å². The molecule has 5 heteroatoms. The van der Waals surface area contributed by atoms with Gasteiger partial charge in [0, 0.05) is 23.1 Å². The van der Waals surface area contributed by atoms with Gasteiger partial charge in [0.15, 0.2) is 0 Å². The fourth-order valence-corrected chi connectivity index (χ4v) is 3.61. The van der Waals surface area contributed by atoms with Crippen molar-refractivity contribution in [3.63, 3.8) is 0 Å². The van der Waals surface area contributed by atoms with Gasteiger partial charge in [0.05, 0.1) is 0 Å². The van der Waals surface area contributed by atoms with Gasteiger partial charge in [0.2, 0.25) is 0 Å². The molecule has 1 aromatic heterocycles. The van der Waals surface area contributed by atoms with Crippen LogP contribution in [0.3, 0.4) is 0 Å². The summed E-state index contributed by atoms with van der Waals surface area (Å²) in [5.74, 6) is 0.250. The van der Waals surface area contributed by atoms with Crippen molar-refractivity contribution in [1.29, 1.82) is 0 Å². The summed E-state index contributed by atoms with van der Waals surface area (Å²) >= 11 is 0. The third kappa shape index (κ3) is 4.51. The minimum absolute atomic E-state index is 0.0123. The number of hydrogen-bond donors (Lipinski definition) is 0. The molecule has 0 fully saturated rings. The van der Waals surface area contributed by atoms with E-state index in [1.807, 2.05) is 30.3 Å². The maximum Gasteiger partial charge on any atom is 0.336 e. The third-order valence-corrected chi connectivity index (χ3v) is 5.07. The van der Waals surface area contributed by atoms with E-state index in [-0.39, 0.29) is 6.61 Å². The summed E-state index contributed by atoms with van der Waals surface area (Å²) in [5, 5.41) is 0.821. The fraction of sp³-hybridized carbons (Fsp3) is 0.200.